The van der Waals surface area contributed by atoms with Gasteiger partial charge < -0.3 is 9.47 Å². The fraction of sp³-hybridized carbons (Fsp3) is 0.429. The van der Waals surface area contributed by atoms with Gasteiger partial charge in [-0.2, -0.15) is 0 Å². The Morgan fingerprint density at radius 3 is 2.94 bits per heavy atom. The first kappa shape index (κ1) is 12.1. The third-order valence-electron chi connectivity index (χ3n) is 2.69. The Bertz CT molecular complexity index is 441. The van der Waals surface area contributed by atoms with E-state index < -0.39 is 0 Å². The van der Waals surface area contributed by atoms with Gasteiger partial charge in [0, 0.05) is 18.1 Å². The Balaban J connectivity index is 2.03. The van der Waals surface area contributed by atoms with Crippen LogP contribution in [0.25, 0.3) is 0 Å². The first-order chi connectivity index (χ1) is 8.29. The third kappa shape index (κ3) is 3.83. The van der Waals surface area contributed by atoms with E-state index in [4.69, 9.17) is 9.47 Å². The molecule has 3 heteroatoms. The largest absolute Gasteiger partial charge is 0.468 e. The quantitative estimate of drug-likeness (QED) is 0.332. The van der Waals surface area contributed by atoms with E-state index in [0.717, 1.165) is 16.8 Å². The Labute approximate surface area is 104 Å². The molecule has 0 bridgehead atoms. The van der Waals surface area contributed by atoms with Crippen LogP contribution in [0.1, 0.15) is 25.3 Å². The Morgan fingerprint density at radius 2 is 2.24 bits per heavy atom. The molecule has 0 aromatic heterocycles. The normalized spacial score (nSPS) is 13.9. The van der Waals surface area contributed by atoms with Crippen LogP contribution < -0.4 is 10.2 Å². The lowest BCUT2D eigenvalue weighted by atomic mass is 9.94. The maximum Gasteiger partial charge on any atom is 0.188 e. The zero-order valence-corrected chi connectivity index (χ0v) is 10.5. The van der Waals surface area contributed by atoms with Crippen LogP contribution in [0.2, 0.25) is 0 Å². The molecule has 0 heterocycles. The summed E-state index contributed by atoms with van der Waals surface area (Å²) in [5, 5.41) is 0. The molecular formula is C14H17BO2. The molecule has 1 aliphatic rings. The highest BCUT2D eigenvalue weighted by Crippen LogP contribution is 2.27. The van der Waals surface area contributed by atoms with Gasteiger partial charge in [0.15, 0.2) is 6.79 Å². The van der Waals surface area contributed by atoms with Crippen molar-refractivity contribution in [1.82, 2.24) is 0 Å². The van der Waals surface area contributed by atoms with E-state index in [0.29, 0.717) is 19.3 Å². The molecule has 2 nitrogen and oxygen atoms in total. The number of ether oxygens (including phenoxy) is 2. The van der Waals surface area contributed by atoms with E-state index in [9.17, 15) is 0 Å². The monoisotopic (exact) mass is 228 g/mol. The average Bonchev–Trinajstić information content (AvgIpc) is 3.14. The summed E-state index contributed by atoms with van der Waals surface area (Å²) in [5.74, 6) is 7.93. The van der Waals surface area contributed by atoms with Crippen molar-refractivity contribution in [2.45, 2.75) is 19.8 Å². The summed E-state index contributed by atoms with van der Waals surface area (Å²) in [6, 6.07) is 6.07. The van der Waals surface area contributed by atoms with Gasteiger partial charge >= 0.3 is 0 Å². The first-order valence-corrected chi connectivity index (χ1v) is 6.12. The number of hydrogen-bond acceptors (Lipinski definition) is 2. The van der Waals surface area contributed by atoms with Crippen molar-refractivity contribution in [1.29, 1.82) is 0 Å². The van der Waals surface area contributed by atoms with Crippen molar-refractivity contribution in [2.75, 3.05) is 13.4 Å². The fourth-order valence-electron chi connectivity index (χ4n) is 1.43. The molecule has 0 N–H and O–H groups in total. The molecule has 17 heavy (non-hydrogen) atoms. The van der Waals surface area contributed by atoms with Crippen LogP contribution in [0.5, 0.6) is 5.75 Å². The van der Waals surface area contributed by atoms with Gasteiger partial charge in [-0.1, -0.05) is 17.9 Å². The van der Waals surface area contributed by atoms with Crippen LogP contribution in [0.15, 0.2) is 18.2 Å². The molecular weight excluding hydrogens is 211 g/mol. The smallest absolute Gasteiger partial charge is 0.188 e. The second-order valence-corrected chi connectivity index (χ2v) is 4.28. The van der Waals surface area contributed by atoms with E-state index in [2.05, 4.69) is 11.8 Å². The maximum absolute atomic E-state index is 5.55. The summed E-state index contributed by atoms with van der Waals surface area (Å²) in [6.07, 6.45) is 2.51. The van der Waals surface area contributed by atoms with Crippen molar-refractivity contribution in [3.8, 4) is 17.6 Å². The fourth-order valence-corrected chi connectivity index (χ4v) is 1.43. The molecule has 0 unspecified atom stereocenters. The second kappa shape index (κ2) is 5.79. The lowest BCUT2D eigenvalue weighted by molar-refractivity contribution is 0.0230. The molecule has 0 radical (unpaired) electrons. The minimum absolute atomic E-state index is 0.302. The van der Waals surface area contributed by atoms with Crippen molar-refractivity contribution in [2.24, 2.45) is 5.92 Å². The zero-order chi connectivity index (χ0) is 12.1. The van der Waals surface area contributed by atoms with Crippen LogP contribution in [0.4, 0.5) is 0 Å². The zero-order valence-electron chi connectivity index (χ0n) is 10.5. The summed E-state index contributed by atoms with van der Waals surface area (Å²) in [7, 11) is 2.03. The molecule has 2 rings (SSSR count). The molecule has 0 aliphatic heterocycles. The van der Waals surface area contributed by atoms with Gasteiger partial charge in [0.1, 0.15) is 13.6 Å². The number of rotatable bonds is 4. The standard InChI is InChI=1S/C14H17BO2/c1-2-16-10-17-14-9-12(7-8-13(14)15)6-5-11-3-4-11/h7-9,11H,2-4,10,15H2,1H3. The van der Waals surface area contributed by atoms with Gasteiger partial charge in [0.2, 0.25) is 0 Å². The summed E-state index contributed by atoms with van der Waals surface area (Å²) in [6.45, 7) is 2.92. The van der Waals surface area contributed by atoms with Crippen molar-refractivity contribution in [3.63, 3.8) is 0 Å². The highest BCUT2D eigenvalue weighted by atomic mass is 16.7. The van der Waals surface area contributed by atoms with Crippen molar-refractivity contribution < 1.29 is 9.47 Å². The SMILES string of the molecule is Bc1ccc(C#CC2CC2)cc1OCOCC. The predicted octanol–water partition coefficient (Wildman–Crippen LogP) is 1.08. The van der Waals surface area contributed by atoms with E-state index in [1.165, 1.54) is 12.8 Å². The molecule has 88 valence electrons. The highest BCUT2D eigenvalue weighted by Gasteiger charge is 2.17. The van der Waals surface area contributed by atoms with Gasteiger partial charge in [0.25, 0.3) is 0 Å². The molecule has 1 aromatic carbocycles. The first-order valence-electron chi connectivity index (χ1n) is 6.12. The summed E-state index contributed by atoms with van der Waals surface area (Å²) in [4.78, 5) is 0. The van der Waals surface area contributed by atoms with E-state index in [-0.39, 0.29) is 0 Å². The van der Waals surface area contributed by atoms with Gasteiger partial charge in [-0.25, -0.2) is 0 Å². The lowest BCUT2D eigenvalue weighted by Gasteiger charge is -2.09. The van der Waals surface area contributed by atoms with Crippen molar-refractivity contribution >= 4 is 13.3 Å². The van der Waals surface area contributed by atoms with Gasteiger partial charge in [-0.15, -0.1) is 0 Å². The summed E-state index contributed by atoms with van der Waals surface area (Å²) < 4.78 is 10.7. The van der Waals surface area contributed by atoms with Crippen LogP contribution in [-0.4, -0.2) is 21.2 Å². The molecule has 0 amide bonds. The third-order valence-corrected chi connectivity index (χ3v) is 2.69. The van der Waals surface area contributed by atoms with Gasteiger partial charge in [-0.05, 0) is 37.4 Å². The molecule has 1 aliphatic carbocycles. The summed E-state index contributed by atoms with van der Waals surface area (Å²) >= 11 is 0. The van der Waals surface area contributed by atoms with Gasteiger partial charge in [-0.3, -0.25) is 0 Å². The van der Waals surface area contributed by atoms with E-state index >= 15 is 0 Å². The van der Waals surface area contributed by atoms with Crippen LogP contribution in [0, 0.1) is 17.8 Å². The molecule has 1 fully saturated rings. The Hall–Kier alpha value is -1.40. The molecule has 0 saturated heterocycles. The van der Waals surface area contributed by atoms with Gasteiger partial charge in [0.05, 0.1) is 0 Å². The van der Waals surface area contributed by atoms with Crippen LogP contribution >= 0.6 is 0 Å². The minimum Gasteiger partial charge on any atom is -0.468 e. The Morgan fingerprint density at radius 1 is 1.41 bits per heavy atom. The second-order valence-electron chi connectivity index (χ2n) is 4.28. The molecule has 0 atom stereocenters. The molecule has 1 saturated carbocycles. The lowest BCUT2D eigenvalue weighted by Crippen LogP contribution is -2.12. The average molecular weight is 228 g/mol. The Kier molecular flexibility index (Phi) is 4.11. The van der Waals surface area contributed by atoms with Crippen LogP contribution in [-0.2, 0) is 4.74 Å². The predicted molar refractivity (Wildman–Crippen MR) is 71.3 cm³/mol. The number of hydrogen-bond donors (Lipinski definition) is 0. The molecule has 1 aromatic rings. The summed E-state index contributed by atoms with van der Waals surface area (Å²) in [5.41, 5.74) is 2.13. The minimum atomic E-state index is 0.302. The van der Waals surface area contributed by atoms with Crippen molar-refractivity contribution in [3.05, 3.63) is 23.8 Å². The number of benzene rings is 1. The highest BCUT2D eigenvalue weighted by molar-refractivity contribution is 6.34. The maximum atomic E-state index is 5.55. The molecule has 0 spiro atoms. The van der Waals surface area contributed by atoms with E-state index in [1.807, 2.05) is 33.0 Å². The topological polar surface area (TPSA) is 18.5 Å². The van der Waals surface area contributed by atoms with E-state index in [1.54, 1.807) is 0 Å². The van der Waals surface area contributed by atoms with Crippen LogP contribution in [0.3, 0.4) is 0 Å².